The van der Waals surface area contributed by atoms with Crippen LogP contribution in [0.3, 0.4) is 0 Å². The normalized spacial score (nSPS) is 10.9. The number of benzene rings is 1. The summed E-state index contributed by atoms with van der Waals surface area (Å²) in [4.78, 5) is 1.79. The quantitative estimate of drug-likeness (QED) is 0.721. The molecule has 0 bridgehead atoms. The first-order valence-corrected chi connectivity index (χ1v) is 7.71. The summed E-state index contributed by atoms with van der Waals surface area (Å²) in [5, 5.41) is 5.27. The monoisotopic (exact) mass is 349 g/mol. The van der Waals surface area contributed by atoms with Crippen LogP contribution in [0.4, 0.5) is 14.5 Å². The number of hydrogen-bond donors (Lipinski definition) is 1. The SMILES string of the molecule is FC(F)Sc1ccc(NCc2sccc2Br)cc1. The summed E-state index contributed by atoms with van der Waals surface area (Å²) in [7, 11) is 0. The lowest BCUT2D eigenvalue weighted by molar-refractivity contribution is 0.252. The molecule has 0 unspecified atom stereocenters. The van der Waals surface area contributed by atoms with Crippen LogP contribution >= 0.6 is 39.0 Å². The Balaban J connectivity index is 1.92. The Morgan fingerprint density at radius 3 is 2.50 bits per heavy atom. The zero-order chi connectivity index (χ0) is 13.0. The van der Waals surface area contributed by atoms with Crippen LogP contribution in [0.5, 0.6) is 0 Å². The van der Waals surface area contributed by atoms with Crippen LogP contribution < -0.4 is 5.32 Å². The molecular formula is C12H10BrF2NS2. The number of rotatable bonds is 5. The van der Waals surface area contributed by atoms with Crippen LogP contribution in [0.25, 0.3) is 0 Å². The molecule has 1 aromatic carbocycles. The molecule has 1 aromatic heterocycles. The van der Waals surface area contributed by atoms with Gasteiger partial charge in [-0.15, -0.1) is 11.3 Å². The number of nitrogens with one attached hydrogen (secondary N) is 1. The first kappa shape index (κ1) is 13.8. The predicted molar refractivity (Wildman–Crippen MR) is 77.6 cm³/mol. The van der Waals surface area contributed by atoms with E-state index >= 15 is 0 Å². The topological polar surface area (TPSA) is 12.0 Å². The maximum Gasteiger partial charge on any atom is 0.288 e. The van der Waals surface area contributed by atoms with Gasteiger partial charge in [-0.3, -0.25) is 0 Å². The summed E-state index contributed by atoms with van der Waals surface area (Å²) in [5.74, 6) is -2.37. The average Bonchev–Trinajstić information content (AvgIpc) is 2.73. The molecule has 6 heteroatoms. The van der Waals surface area contributed by atoms with E-state index in [4.69, 9.17) is 0 Å². The van der Waals surface area contributed by atoms with Crippen LogP contribution in [0.1, 0.15) is 4.88 Å². The van der Waals surface area contributed by atoms with Gasteiger partial charge in [0.1, 0.15) is 0 Å². The molecule has 1 nitrogen and oxygen atoms in total. The Bertz CT molecular complexity index is 499. The van der Waals surface area contributed by atoms with E-state index in [2.05, 4.69) is 21.2 Å². The van der Waals surface area contributed by atoms with Crippen molar-refractivity contribution >= 4 is 44.7 Å². The molecule has 0 radical (unpaired) electrons. The number of thioether (sulfide) groups is 1. The molecule has 96 valence electrons. The minimum Gasteiger partial charge on any atom is -0.380 e. The molecule has 0 aliphatic carbocycles. The summed E-state index contributed by atoms with van der Waals surface area (Å²) < 4.78 is 25.4. The van der Waals surface area contributed by atoms with Gasteiger partial charge in [-0.2, -0.15) is 8.78 Å². The summed E-state index contributed by atoms with van der Waals surface area (Å²) in [5.41, 5.74) is 0.925. The minimum absolute atomic E-state index is 0.559. The zero-order valence-electron chi connectivity index (χ0n) is 9.20. The van der Waals surface area contributed by atoms with Crippen molar-refractivity contribution in [1.82, 2.24) is 0 Å². The Morgan fingerprint density at radius 2 is 1.94 bits per heavy atom. The van der Waals surface area contributed by atoms with Gasteiger partial charge in [0, 0.05) is 19.9 Å². The number of anilines is 1. The van der Waals surface area contributed by atoms with E-state index in [1.165, 1.54) is 4.88 Å². The lowest BCUT2D eigenvalue weighted by Gasteiger charge is -2.06. The third-order valence-electron chi connectivity index (χ3n) is 2.22. The highest BCUT2D eigenvalue weighted by molar-refractivity contribution is 9.10. The summed E-state index contributed by atoms with van der Waals surface area (Å²) in [6, 6.07) is 9.02. The molecule has 2 rings (SSSR count). The van der Waals surface area contributed by atoms with Crippen molar-refractivity contribution in [3.05, 3.63) is 45.1 Å². The van der Waals surface area contributed by atoms with Crippen LogP contribution in [0.2, 0.25) is 0 Å². The van der Waals surface area contributed by atoms with Gasteiger partial charge in [0.2, 0.25) is 0 Å². The molecule has 0 spiro atoms. The predicted octanol–water partition coefficient (Wildman–Crippen LogP) is 5.44. The maximum absolute atomic E-state index is 12.1. The van der Waals surface area contributed by atoms with Crippen molar-refractivity contribution in [3.63, 3.8) is 0 Å². The van der Waals surface area contributed by atoms with E-state index < -0.39 is 5.76 Å². The van der Waals surface area contributed by atoms with Crippen molar-refractivity contribution < 1.29 is 8.78 Å². The molecule has 1 N–H and O–H groups in total. The van der Waals surface area contributed by atoms with Gasteiger partial charge in [-0.25, -0.2) is 0 Å². The van der Waals surface area contributed by atoms with E-state index in [-0.39, 0.29) is 0 Å². The standard InChI is InChI=1S/C12H10BrF2NS2/c13-10-5-6-17-11(10)7-16-8-1-3-9(4-2-8)18-12(14)15/h1-6,12,16H,7H2. The average molecular weight is 350 g/mol. The van der Waals surface area contributed by atoms with Crippen molar-refractivity contribution in [2.75, 3.05) is 5.32 Å². The molecule has 0 amide bonds. The molecule has 0 aliphatic rings. The smallest absolute Gasteiger partial charge is 0.288 e. The van der Waals surface area contributed by atoms with E-state index in [1.807, 2.05) is 23.6 Å². The molecule has 0 saturated carbocycles. The van der Waals surface area contributed by atoms with Crippen molar-refractivity contribution in [2.24, 2.45) is 0 Å². The van der Waals surface area contributed by atoms with Crippen LogP contribution in [0, 0.1) is 0 Å². The molecule has 0 atom stereocenters. The van der Waals surface area contributed by atoms with Crippen LogP contribution in [-0.4, -0.2) is 5.76 Å². The van der Waals surface area contributed by atoms with Gasteiger partial charge < -0.3 is 5.32 Å². The molecule has 0 aliphatic heterocycles. The number of hydrogen-bond acceptors (Lipinski definition) is 3. The van der Waals surface area contributed by atoms with E-state index in [9.17, 15) is 8.78 Å². The third-order valence-corrected chi connectivity index (χ3v) is 4.87. The van der Waals surface area contributed by atoms with Gasteiger partial charge in [-0.1, -0.05) is 11.8 Å². The fourth-order valence-electron chi connectivity index (χ4n) is 1.39. The van der Waals surface area contributed by atoms with Crippen molar-refractivity contribution in [2.45, 2.75) is 17.2 Å². The first-order chi connectivity index (χ1) is 8.65. The highest BCUT2D eigenvalue weighted by atomic mass is 79.9. The summed E-state index contributed by atoms with van der Waals surface area (Å²) in [6.45, 7) is 0.722. The highest BCUT2D eigenvalue weighted by Gasteiger charge is 2.05. The van der Waals surface area contributed by atoms with Gasteiger partial charge in [0.15, 0.2) is 0 Å². The lowest BCUT2D eigenvalue weighted by atomic mass is 10.3. The molecule has 1 heterocycles. The summed E-state index contributed by atoms with van der Waals surface area (Å²) >= 11 is 5.69. The Hall–Kier alpha value is -0.590. The van der Waals surface area contributed by atoms with Crippen LogP contribution in [-0.2, 0) is 6.54 Å². The maximum atomic E-state index is 12.1. The fraction of sp³-hybridized carbons (Fsp3) is 0.167. The van der Waals surface area contributed by atoms with Gasteiger partial charge in [-0.05, 0) is 51.6 Å². The lowest BCUT2D eigenvalue weighted by Crippen LogP contribution is -1.97. The first-order valence-electron chi connectivity index (χ1n) is 5.16. The Morgan fingerprint density at radius 1 is 1.22 bits per heavy atom. The molecule has 0 fully saturated rings. The largest absolute Gasteiger partial charge is 0.380 e. The minimum atomic E-state index is -2.37. The van der Waals surface area contributed by atoms with Gasteiger partial charge >= 0.3 is 0 Å². The molecule has 2 aromatic rings. The Kier molecular flexibility index (Phi) is 5.03. The molecule has 0 saturated heterocycles. The van der Waals surface area contributed by atoms with E-state index in [0.29, 0.717) is 16.7 Å². The number of halogens is 3. The van der Waals surface area contributed by atoms with Crippen molar-refractivity contribution in [1.29, 1.82) is 0 Å². The second-order valence-electron chi connectivity index (χ2n) is 3.45. The molecule has 18 heavy (non-hydrogen) atoms. The van der Waals surface area contributed by atoms with Crippen LogP contribution in [0.15, 0.2) is 45.1 Å². The zero-order valence-corrected chi connectivity index (χ0v) is 12.4. The van der Waals surface area contributed by atoms with E-state index in [1.54, 1.807) is 23.5 Å². The van der Waals surface area contributed by atoms with Crippen molar-refractivity contribution in [3.8, 4) is 0 Å². The summed E-state index contributed by atoms with van der Waals surface area (Å²) in [6.07, 6.45) is 0. The number of thiophene rings is 1. The van der Waals surface area contributed by atoms with Gasteiger partial charge in [0.25, 0.3) is 5.76 Å². The number of alkyl halides is 2. The fourth-order valence-corrected chi connectivity index (χ4v) is 3.32. The Labute approximate surface area is 121 Å². The van der Waals surface area contributed by atoms with E-state index in [0.717, 1.165) is 16.7 Å². The highest BCUT2D eigenvalue weighted by Crippen LogP contribution is 2.27. The second kappa shape index (κ2) is 6.54. The second-order valence-corrected chi connectivity index (χ2v) is 6.37. The molecular weight excluding hydrogens is 340 g/mol. The third kappa shape index (κ3) is 3.96. The van der Waals surface area contributed by atoms with Gasteiger partial charge in [0.05, 0.1) is 6.54 Å².